The van der Waals surface area contributed by atoms with Crippen LogP contribution in [0.2, 0.25) is 0 Å². The summed E-state index contributed by atoms with van der Waals surface area (Å²) >= 11 is 0. The Morgan fingerprint density at radius 2 is 2.29 bits per heavy atom. The van der Waals surface area contributed by atoms with E-state index >= 15 is 0 Å². The monoisotopic (exact) mass is 237 g/mol. The summed E-state index contributed by atoms with van der Waals surface area (Å²) in [5.41, 5.74) is 0.687. The predicted octanol–water partition coefficient (Wildman–Crippen LogP) is 2.32. The first kappa shape index (κ1) is 12.3. The van der Waals surface area contributed by atoms with Gasteiger partial charge in [-0.1, -0.05) is 0 Å². The first-order chi connectivity index (χ1) is 8.06. The maximum Gasteiger partial charge on any atom is 0.170 e. The highest BCUT2D eigenvalue weighted by atomic mass is 19.1. The molecule has 1 aliphatic heterocycles. The first-order valence-corrected chi connectivity index (χ1v) is 6.12. The Kier molecular flexibility index (Phi) is 3.33. The van der Waals surface area contributed by atoms with Gasteiger partial charge in [-0.3, -0.25) is 0 Å². The van der Waals surface area contributed by atoms with Crippen molar-refractivity contribution >= 4 is 5.82 Å². The highest BCUT2D eigenvalue weighted by Gasteiger charge is 2.34. The molecule has 0 aromatic carbocycles. The largest absolute Gasteiger partial charge is 0.349 e. The van der Waals surface area contributed by atoms with Gasteiger partial charge in [-0.25, -0.2) is 9.37 Å². The molecule has 0 aliphatic carbocycles. The molecule has 1 aromatic heterocycles. The summed E-state index contributed by atoms with van der Waals surface area (Å²) < 4.78 is 14.3. The molecule has 4 heteroatoms. The van der Waals surface area contributed by atoms with Crippen LogP contribution in [-0.4, -0.2) is 24.1 Å². The van der Waals surface area contributed by atoms with Crippen LogP contribution in [0.25, 0.3) is 0 Å². The van der Waals surface area contributed by atoms with Crippen molar-refractivity contribution in [3.8, 4) is 0 Å². The van der Waals surface area contributed by atoms with Gasteiger partial charge in [-0.05, 0) is 39.8 Å². The number of aromatic nitrogens is 1. The lowest BCUT2D eigenvalue weighted by molar-refractivity contribution is 0.498. The van der Waals surface area contributed by atoms with Crippen molar-refractivity contribution in [2.75, 3.05) is 18.5 Å². The number of anilines is 1. The molecule has 1 aromatic rings. The van der Waals surface area contributed by atoms with Gasteiger partial charge >= 0.3 is 0 Å². The number of hydrogen-bond acceptors (Lipinski definition) is 3. The Morgan fingerprint density at radius 3 is 2.88 bits per heavy atom. The number of hydrogen-bond donors (Lipinski definition) is 1. The maximum absolute atomic E-state index is 14.3. The van der Waals surface area contributed by atoms with Crippen LogP contribution in [0.1, 0.15) is 32.3 Å². The molecule has 0 saturated carbocycles. The third-order valence-electron chi connectivity index (χ3n) is 3.47. The van der Waals surface area contributed by atoms with Crippen LogP contribution in [0.4, 0.5) is 10.2 Å². The van der Waals surface area contributed by atoms with Crippen LogP contribution in [0.5, 0.6) is 0 Å². The molecule has 1 aliphatic rings. The quantitative estimate of drug-likeness (QED) is 0.874. The van der Waals surface area contributed by atoms with Gasteiger partial charge in [0.2, 0.25) is 0 Å². The summed E-state index contributed by atoms with van der Waals surface area (Å²) in [5.74, 6) is 0.317. The molecule has 1 fully saturated rings. The zero-order chi connectivity index (χ0) is 12.5. The Bertz CT molecular complexity index is 404. The van der Waals surface area contributed by atoms with E-state index in [4.69, 9.17) is 0 Å². The van der Waals surface area contributed by atoms with Gasteiger partial charge < -0.3 is 10.2 Å². The lowest BCUT2D eigenvalue weighted by Crippen LogP contribution is -2.39. The average molecular weight is 237 g/mol. The average Bonchev–Trinajstić information content (AvgIpc) is 2.62. The summed E-state index contributed by atoms with van der Waals surface area (Å²) in [6.07, 6.45) is 3.88. The summed E-state index contributed by atoms with van der Waals surface area (Å²) in [7, 11) is 1.82. The van der Waals surface area contributed by atoms with Crippen molar-refractivity contribution in [2.45, 2.75) is 38.8 Å². The number of nitrogens with zero attached hydrogens (tertiary/aromatic N) is 2. The van der Waals surface area contributed by atoms with Gasteiger partial charge in [0.25, 0.3) is 0 Å². The highest BCUT2D eigenvalue weighted by molar-refractivity contribution is 5.46. The number of pyridine rings is 1. The van der Waals surface area contributed by atoms with Crippen LogP contribution in [0, 0.1) is 5.82 Å². The zero-order valence-corrected chi connectivity index (χ0v) is 10.8. The lowest BCUT2D eigenvalue weighted by Gasteiger charge is -2.33. The smallest absolute Gasteiger partial charge is 0.170 e. The number of halogens is 1. The van der Waals surface area contributed by atoms with Gasteiger partial charge in [0.1, 0.15) is 0 Å². The summed E-state index contributed by atoms with van der Waals surface area (Å²) in [4.78, 5) is 6.31. The molecule has 17 heavy (non-hydrogen) atoms. The molecule has 2 heterocycles. The Balaban J connectivity index is 2.35. The summed E-state index contributed by atoms with van der Waals surface area (Å²) in [6, 6.07) is 1.73. The van der Waals surface area contributed by atoms with Crippen LogP contribution in [-0.2, 0) is 6.54 Å². The molecule has 94 valence electrons. The Morgan fingerprint density at radius 1 is 1.53 bits per heavy atom. The van der Waals surface area contributed by atoms with Crippen molar-refractivity contribution in [1.82, 2.24) is 10.3 Å². The van der Waals surface area contributed by atoms with Crippen LogP contribution in [0.15, 0.2) is 12.3 Å². The Labute approximate surface area is 102 Å². The van der Waals surface area contributed by atoms with E-state index in [-0.39, 0.29) is 11.4 Å². The third kappa shape index (κ3) is 2.27. The molecule has 0 amide bonds. The second-order valence-corrected chi connectivity index (χ2v) is 5.21. The fourth-order valence-corrected chi connectivity index (χ4v) is 2.49. The van der Waals surface area contributed by atoms with E-state index in [1.807, 2.05) is 7.05 Å². The topological polar surface area (TPSA) is 28.2 Å². The zero-order valence-electron chi connectivity index (χ0n) is 10.8. The van der Waals surface area contributed by atoms with Crippen molar-refractivity contribution in [2.24, 2.45) is 0 Å². The van der Waals surface area contributed by atoms with E-state index in [0.717, 1.165) is 19.4 Å². The van der Waals surface area contributed by atoms with Gasteiger partial charge in [0, 0.05) is 30.4 Å². The molecule has 2 rings (SSSR count). The normalized spacial score (nSPS) is 18.7. The minimum absolute atomic E-state index is 0.00606. The molecule has 1 N–H and O–H groups in total. The Hall–Kier alpha value is -1.16. The van der Waals surface area contributed by atoms with E-state index in [1.165, 1.54) is 0 Å². The van der Waals surface area contributed by atoms with E-state index in [0.29, 0.717) is 17.9 Å². The van der Waals surface area contributed by atoms with Gasteiger partial charge in [0.05, 0.1) is 0 Å². The molecule has 1 saturated heterocycles. The third-order valence-corrected chi connectivity index (χ3v) is 3.47. The number of nitrogens with one attached hydrogen (secondary N) is 1. The maximum atomic E-state index is 14.3. The minimum atomic E-state index is -0.183. The molecule has 3 nitrogen and oxygen atoms in total. The molecule has 0 unspecified atom stereocenters. The fraction of sp³-hybridized carbons (Fsp3) is 0.615. The van der Waals surface area contributed by atoms with Gasteiger partial charge in [-0.2, -0.15) is 0 Å². The van der Waals surface area contributed by atoms with Crippen molar-refractivity contribution in [1.29, 1.82) is 0 Å². The van der Waals surface area contributed by atoms with Crippen LogP contribution >= 0.6 is 0 Å². The standard InChI is InChI=1S/C13H20FN3/c1-13(2)6-4-8-17(13)12-11(14)10(9-15-3)5-7-16-12/h5,7,15H,4,6,8-9H2,1-3H3. The predicted molar refractivity (Wildman–Crippen MR) is 67.6 cm³/mol. The molecule has 0 radical (unpaired) electrons. The molecule has 0 spiro atoms. The molecule has 0 bridgehead atoms. The number of rotatable bonds is 3. The molecule has 0 atom stereocenters. The van der Waals surface area contributed by atoms with Crippen molar-refractivity contribution in [3.05, 3.63) is 23.6 Å². The van der Waals surface area contributed by atoms with E-state index < -0.39 is 0 Å². The van der Waals surface area contributed by atoms with Gasteiger partial charge in [-0.15, -0.1) is 0 Å². The summed E-state index contributed by atoms with van der Waals surface area (Å²) in [6.45, 7) is 5.72. The summed E-state index contributed by atoms with van der Waals surface area (Å²) in [5, 5.41) is 2.98. The second kappa shape index (κ2) is 4.61. The molecular formula is C13H20FN3. The highest BCUT2D eigenvalue weighted by Crippen LogP contribution is 2.34. The van der Waals surface area contributed by atoms with Crippen molar-refractivity contribution in [3.63, 3.8) is 0 Å². The SMILES string of the molecule is CNCc1ccnc(N2CCCC2(C)C)c1F. The molecular weight excluding hydrogens is 217 g/mol. The van der Waals surface area contributed by atoms with E-state index in [2.05, 4.69) is 29.0 Å². The lowest BCUT2D eigenvalue weighted by atomic mass is 10.0. The first-order valence-electron chi connectivity index (χ1n) is 6.12. The van der Waals surface area contributed by atoms with Gasteiger partial charge in [0.15, 0.2) is 11.6 Å². The van der Waals surface area contributed by atoms with E-state index in [1.54, 1.807) is 12.3 Å². The second-order valence-electron chi connectivity index (χ2n) is 5.21. The van der Waals surface area contributed by atoms with Crippen molar-refractivity contribution < 1.29 is 4.39 Å². The minimum Gasteiger partial charge on any atom is -0.349 e. The van der Waals surface area contributed by atoms with E-state index in [9.17, 15) is 4.39 Å². The van der Waals surface area contributed by atoms with Crippen LogP contribution < -0.4 is 10.2 Å². The van der Waals surface area contributed by atoms with Crippen LogP contribution in [0.3, 0.4) is 0 Å². The fourth-order valence-electron chi connectivity index (χ4n) is 2.49.